The van der Waals surface area contributed by atoms with E-state index in [9.17, 15) is 13.2 Å². The Labute approximate surface area is 143 Å². The molecular weight excluding hydrogens is 324 g/mol. The SMILES string of the molecule is CCNS(=O)(=O)c1cccc(C(=O)N(C)Cc2ccccc2C)c1. The molecule has 0 spiro atoms. The van der Waals surface area contributed by atoms with E-state index in [-0.39, 0.29) is 10.8 Å². The van der Waals surface area contributed by atoms with Gasteiger partial charge in [-0.1, -0.05) is 37.3 Å². The summed E-state index contributed by atoms with van der Waals surface area (Å²) in [6.07, 6.45) is 0. The van der Waals surface area contributed by atoms with Crippen molar-refractivity contribution in [1.82, 2.24) is 9.62 Å². The van der Waals surface area contributed by atoms with E-state index in [1.165, 1.54) is 12.1 Å². The topological polar surface area (TPSA) is 66.5 Å². The van der Waals surface area contributed by atoms with Crippen LogP contribution in [0.15, 0.2) is 53.4 Å². The second-order valence-corrected chi connectivity index (χ2v) is 7.38. The largest absolute Gasteiger partial charge is 0.337 e. The fraction of sp³-hybridized carbons (Fsp3) is 0.278. The quantitative estimate of drug-likeness (QED) is 0.874. The first-order valence-corrected chi connectivity index (χ1v) is 9.23. The standard InChI is InChI=1S/C18H22N2O3S/c1-4-19-24(22,23)17-11-7-10-15(12-17)18(21)20(3)13-16-9-6-5-8-14(16)2/h5-12,19H,4,13H2,1-3H3. The third-order valence-electron chi connectivity index (χ3n) is 3.74. The average molecular weight is 346 g/mol. The third-order valence-corrected chi connectivity index (χ3v) is 5.28. The van der Waals surface area contributed by atoms with Crippen LogP contribution in [0.2, 0.25) is 0 Å². The molecule has 0 radical (unpaired) electrons. The predicted molar refractivity (Wildman–Crippen MR) is 94.3 cm³/mol. The lowest BCUT2D eigenvalue weighted by atomic mass is 10.1. The number of carbonyl (C=O) groups is 1. The van der Waals surface area contributed by atoms with Gasteiger partial charge in [0.25, 0.3) is 5.91 Å². The van der Waals surface area contributed by atoms with Crippen molar-refractivity contribution in [3.8, 4) is 0 Å². The highest BCUT2D eigenvalue weighted by atomic mass is 32.2. The van der Waals surface area contributed by atoms with E-state index in [1.807, 2.05) is 31.2 Å². The highest BCUT2D eigenvalue weighted by Crippen LogP contribution is 2.15. The van der Waals surface area contributed by atoms with Gasteiger partial charge in [0.1, 0.15) is 0 Å². The summed E-state index contributed by atoms with van der Waals surface area (Å²) >= 11 is 0. The Balaban J connectivity index is 2.22. The maximum Gasteiger partial charge on any atom is 0.253 e. The molecule has 6 heteroatoms. The number of benzene rings is 2. The molecule has 128 valence electrons. The van der Waals surface area contributed by atoms with Crippen molar-refractivity contribution in [3.05, 3.63) is 65.2 Å². The molecule has 2 aromatic rings. The number of carbonyl (C=O) groups excluding carboxylic acids is 1. The molecule has 0 aliphatic rings. The number of sulfonamides is 1. The Morgan fingerprint density at radius 2 is 1.83 bits per heavy atom. The molecule has 0 aliphatic heterocycles. The van der Waals surface area contributed by atoms with Gasteiger partial charge in [-0.2, -0.15) is 0 Å². The van der Waals surface area contributed by atoms with E-state index < -0.39 is 10.0 Å². The molecule has 0 fully saturated rings. The van der Waals surface area contributed by atoms with Crippen molar-refractivity contribution < 1.29 is 13.2 Å². The minimum atomic E-state index is -3.58. The van der Waals surface area contributed by atoms with Gasteiger partial charge < -0.3 is 4.90 Å². The molecule has 2 aromatic carbocycles. The molecule has 2 rings (SSSR count). The zero-order valence-electron chi connectivity index (χ0n) is 14.1. The summed E-state index contributed by atoms with van der Waals surface area (Å²) in [5.74, 6) is -0.216. The number of hydrogen-bond donors (Lipinski definition) is 1. The van der Waals surface area contributed by atoms with E-state index in [2.05, 4.69) is 4.72 Å². The summed E-state index contributed by atoms with van der Waals surface area (Å²) in [5, 5.41) is 0. The molecule has 0 aliphatic carbocycles. The van der Waals surface area contributed by atoms with Crippen LogP contribution in [0.4, 0.5) is 0 Å². The van der Waals surface area contributed by atoms with Gasteiger partial charge in [-0.05, 0) is 36.2 Å². The lowest BCUT2D eigenvalue weighted by Gasteiger charge is -2.19. The summed E-state index contributed by atoms with van der Waals surface area (Å²) in [7, 11) is -1.87. The molecule has 0 saturated carbocycles. The minimum absolute atomic E-state index is 0.0968. The minimum Gasteiger partial charge on any atom is -0.337 e. The molecule has 1 amide bonds. The molecule has 24 heavy (non-hydrogen) atoms. The smallest absolute Gasteiger partial charge is 0.253 e. The van der Waals surface area contributed by atoms with E-state index >= 15 is 0 Å². The fourth-order valence-corrected chi connectivity index (χ4v) is 3.49. The van der Waals surface area contributed by atoms with Crippen molar-refractivity contribution in [2.75, 3.05) is 13.6 Å². The van der Waals surface area contributed by atoms with Gasteiger partial charge in [-0.3, -0.25) is 4.79 Å². The van der Waals surface area contributed by atoms with E-state index in [0.29, 0.717) is 18.7 Å². The first-order valence-electron chi connectivity index (χ1n) is 7.75. The summed E-state index contributed by atoms with van der Waals surface area (Å²) in [5.41, 5.74) is 2.52. The first-order chi connectivity index (χ1) is 11.3. The Kier molecular flexibility index (Phi) is 5.75. The zero-order valence-corrected chi connectivity index (χ0v) is 14.9. The molecule has 0 aromatic heterocycles. The number of amides is 1. The van der Waals surface area contributed by atoms with Gasteiger partial charge in [0.2, 0.25) is 10.0 Å². The fourth-order valence-electron chi connectivity index (χ4n) is 2.40. The molecule has 0 saturated heterocycles. The summed E-state index contributed by atoms with van der Waals surface area (Å²) < 4.78 is 26.6. The molecule has 0 unspecified atom stereocenters. The number of hydrogen-bond acceptors (Lipinski definition) is 3. The maximum absolute atomic E-state index is 12.6. The second-order valence-electron chi connectivity index (χ2n) is 5.62. The number of nitrogens with zero attached hydrogens (tertiary/aromatic N) is 1. The van der Waals surface area contributed by atoms with Crippen LogP contribution in [0.1, 0.15) is 28.4 Å². The van der Waals surface area contributed by atoms with Crippen molar-refractivity contribution in [2.45, 2.75) is 25.3 Å². The number of rotatable bonds is 6. The normalized spacial score (nSPS) is 11.3. The zero-order chi connectivity index (χ0) is 17.7. The first kappa shape index (κ1) is 18.2. The van der Waals surface area contributed by atoms with Crippen LogP contribution in [0.5, 0.6) is 0 Å². The Morgan fingerprint density at radius 3 is 2.50 bits per heavy atom. The molecule has 1 N–H and O–H groups in total. The maximum atomic E-state index is 12.6. The molecule has 0 bridgehead atoms. The van der Waals surface area contributed by atoms with Crippen molar-refractivity contribution >= 4 is 15.9 Å². The van der Waals surface area contributed by atoms with Crippen LogP contribution >= 0.6 is 0 Å². The van der Waals surface area contributed by atoms with Crippen LogP contribution in [0.3, 0.4) is 0 Å². The average Bonchev–Trinajstić information content (AvgIpc) is 2.56. The van der Waals surface area contributed by atoms with E-state index in [0.717, 1.165) is 11.1 Å². The van der Waals surface area contributed by atoms with Crippen LogP contribution in [-0.4, -0.2) is 32.8 Å². The van der Waals surface area contributed by atoms with Gasteiger partial charge in [-0.15, -0.1) is 0 Å². The van der Waals surface area contributed by atoms with Gasteiger partial charge in [0, 0.05) is 25.7 Å². The molecule has 0 heterocycles. The molecule has 5 nitrogen and oxygen atoms in total. The van der Waals surface area contributed by atoms with Crippen LogP contribution in [0, 0.1) is 6.92 Å². The summed E-state index contributed by atoms with van der Waals surface area (Å²) in [4.78, 5) is 14.3. The Hall–Kier alpha value is -2.18. The number of aryl methyl sites for hydroxylation is 1. The van der Waals surface area contributed by atoms with Gasteiger partial charge in [0.05, 0.1) is 4.90 Å². The van der Waals surface area contributed by atoms with E-state index in [4.69, 9.17) is 0 Å². The monoisotopic (exact) mass is 346 g/mol. The lowest BCUT2D eigenvalue weighted by molar-refractivity contribution is 0.0784. The van der Waals surface area contributed by atoms with Gasteiger partial charge >= 0.3 is 0 Å². The van der Waals surface area contributed by atoms with Crippen LogP contribution < -0.4 is 4.72 Å². The lowest BCUT2D eigenvalue weighted by Crippen LogP contribution is -2.27. The Morgan fingerprint density at radius 1 is 1.12 bits per heavy atom. The molecule has 0 atom stereocenters. The predicted octanol–water partition coefficient (Wildman–Crippen LogP) is 2.57. The summed E-state index contributed by atoms with van der Waals surface area (Å²) in [6, 6.07) is 14.0. The number of nitrogens with one attached hydrogen (secondary N) is 1. The molecular formula is C18H22N2O3S. The summed E-state index contributed by atoms with van der Waals surface area (Å²) in [6.45, 7) is 4.48. The van der Waals surface area contributed by atoms with Crippen LogP contribution in [0.25, 0.3) is 0 Å². The third kappa shape index (κ3) is 4.21. The Bertz CT molecular complexity index is 832. The van der Waals surface area contributed by atoms with Gasteiger partial charge in [-0.25, -0.2) is 13.1 Å². The van der Waals surface area contributed by atoms with E-state index in [1.54, 1.807) is 31.0 Å². The van der Waals surface area contributed by atoms with Crippen molar-refractivity contribution in [2.24, 2.45) is 0 Å². The van der Waals surface area contributed by atoms with Crippen LogP contribution in [-0.2, 0) is 16.6 Å². The van der Waals surface area contributed by atoms with Crippen molar-refractivity contribution in [3.63, 3.8) is 0 Å². The second kappa shape index (κ2) is 7.59. The highest BCUT2D eigenvalue weighted by molar-refractivity contribution is 7.89. The van der Waals surface area contributed by atoms with Crippen molar-refractivity contribution in [1.29, 1.82) is 0 Å². The highest BCUT2D eigenvalue weighted by Gasteiger charge is 2.17. The van der Waals surface area contributed by atoms with Gasteiger partial charge in [0.15, 0.2) is 0 Å².